The van der Waals surface area contributed by atoms with Crippen molar-refractivity contribution in [1.82, 2.24) is 15.3 Å². The Labute approximate surface area is 173 Å². The number of alkyl halides is 3. The molecule has 2 aromatic heterocycles. The third-order valence-corrected chi connectivity index (χ3v) is 4.93. The first-order chi connectivity index (χ1) is 14.2. The second-order valence-electron chi connectivity index (χ2n) is 6.12. The molecule has 156 valence electrons. The summed E-state index contributed by atoms with van der Waals surface area (Å²) in [6.07, 6.45) is -3.42. The quantitative estimate of drug-likeness (QED) is 0.558. The lowest BCUT2D eigenvalue weighted by Gasteiger charge is -2.15. The highest BCUT2D eigenvalue weighted by molar-refractivity contribution is 7.10. The lowest BCUT2D eigenvalue weighted by molar-refractivity contribution is -0.134. The molecule has 0 radical (unpaired) electrons. The Hall–Kier alpha value is -3.47. The number of anilines is 3. The van der Waals surface area contributed by atoms with Gasteiger partial charge in [-0.2, -0.15) is 13.2 Å². The fraction of sp³-hybridized carbons (Fsp3) is 0.158. The van der Waals surface area contributed by atoms with Gasteiger partial charge in [-0.25, -0.2) is 9.97 Å². The number of para-hydroxylation sites is 1. The molecule has 0 unspecified atom stereocenters. The zero-order valence-electron chi connectivity index (χ0n) is 15.8. The number of thiazole rings is 1. The van der Waals surface area contributed by atoms with Crippen molar-refractivity contribution < 1.29 is 22.8 Å². The molecule has 0 saturated carbocycles. The van der Waals surface area contributed by atoms with E-state index in [4.69, 9.17) is 0 Å². The van der Waals surface area contributed by atoms with Crippen LogP contribution in [0.3, 0.4) is 0 Å². The minimum absolute atomic E-state index is 0.0328. The summed E-state index contributed by atoms with van der Waals surface area (Å²) in [7, 11) is 1.42. The van der Waals surface area contributed by atoms with Crippen molar-refractivity contribution in [2.24, 2.45) is 0 Å². The van der Waals surface area contributed by atoms with E-state index in [2.05, 4.69) is 25.9 Å². The number of aryl methyl sites for hydroxylation is 1. The highest BCUT2D eigenvalue weighted by Gasteiger charge is 2.38. The molecule has 3 aromatic rings. The zero-order chi connectivity index (χ0) is 21.9. The van der Waals surface area contributed by atoms with Crippen LogP contribution in [0.15, 0.2) is 42.0 Å². The van der Waals surface area contributed by atoms with E-state index in [1.165, 1.54) is 19.3 Å². The average molecular weight is 435 g/mol. The van der Waals surface area contributed by atoms with Crippen LogP contribution in [0.1, 0.15) is 31.3 Å². The minimum Gasteiger partial charge on any atom is -0.355 e. The molecule has 0 spiro atoms. The molecular weight excluding hydrogens is 419 g/mol. The highest BCUT2D eigenvalue weighted by atomic mass is 32.1. The van der Waals surface area contributed by atoms with E-state index >= 15 is 0 Å². The summed E-state index contributed by atoms with van der Waals surface area (Å²) in [5.41, 5.74) is 1.91. The van der Waals surface area contributed by atoms with Gasteiger partial charge in [0.15, 0.2) is 11.5 Å². The predicted molar refractivity (Wildman–Crippen MR) is 107 cm³/mol. The van der Waals surface area contributed by atoms with Crippen LogP contribution in [0.4, 0.5) is 30.4 Å². The summed E-state index contributed by atoms with van der Waals surface area (Å²) in [6.45, 7) is 1.85. The Bertz CT molecular complexity index is 1100. The number of amides is 2. The smallest absolute Gasteiger partial charge is 0.355 e. The maximum Gasteiger partial charge on any atom is 0.427 e. The van der Waals surface area contributed by atoms with E-state index in [1.54, 1.807) is 12.1 Å². The first-order valence-corrected chi connectivity index (χ1v) is 9.45. The number of nitrogens with zero attached hydrogens (tertiary/aromatic N) is 2. The maximum absolute atomic E-state index is 13.1. The largest absolute Gasteiger partial charge is 0.427 e. The van der Waals surface area contributed by atoms with Crippen LogP contribution < -0.4 is 16.0 Å². The van der Waals surface area contributed by atoms with E-state index in [1.807, 2.05) is 19.1 Å². The van der Waals surface area contributed by atoms with Crippen molar-refractivity contribution >= 4 is 40.3 Å². The minimum atomic E-state index is -4.71. The number of benzene rings is 1. The number of hydrogen-bond donors (Lipinski definition) is 3. The van der Waals surface area contributed by atoms with E-state index in [0.29, 0.717) is 17.0 Å². The fourth-order valence-corrected chi connectivity index (χ4v) is 3.21. The summed E-state index contributed by atoms with van der Waals surface area (Å²) in [6, 6.07) is 8.58. The van der Waals surface area contributed by atoms with E-state index < -0.39 is 28.6 Å². The molecule has 2 heterocycles. The number of rotatable bonds is 5. The molecule has 0 aliphatic rings. The van der Waals surface area contributed by atoms with E-state index in [9.17, 15) is 22.8 Å². The third kappa shape index (κ3) is 4.57. The molecule has 0 aliphatic heterocycles. The molecule has 3 rings (SSSR count). The monoisotopic (exact) mass is 435 g/mol. The van der Waals surface area contributed by atoms with Gasteiger partial charge in [-0.05, 0) is 24.6 Å². The predicted octanol–water partition coefficient (Wildman–Crippen LogP) is 4.22. The Morgan fingerprint density at radius 1 is 1.07 bits per heavy atom. The Morgan fingerprint density at radius 3 is 2.47 bits per heavy atom. The molecule has 0 aliphatic carbocycles. The molecule has 11 heteroatoms. The topological polar surface area (TPSA) is 96.0 Å². The molecule has 0 atom stereocenters. The third-order valence-electron chi connectivity index (χ3n) is 4.06. The van der Waals surface area contributed by atoms with Gasteiger partial charge in [0.2, 0.25) is 0 Å². The normalized spacial score (nSPS) is 11.1. The van der Waals surface area contributed by atoms with Gasteiger partial charge in [0.1, 0.15) is 4.88 Å². The average Bonchev–Trinajstić information content (AvgIpc) is 3.21. The van der Waals surface area contributed by atoms with Crippen LogP contribution in [0, 0.1) is 6.92 Å². The number of nitrogens with one attached hydrogen (secondary N) is 3. The van der Waals surface area contributed by atoms with Gasteiger partial charge < -0.3 is 16.0 Å². The second kappa shape index (κ2) is 8.49. The van der Waals surface area contributed by atoms with Crippen molar-refractivity contribution in [3.8, 4) is 0 Å². The lowest BCUT2D eigenvalue weighted by atomic mass is 10.2. The molecule has 0 saturated heterocycles. The maximum atomic E-state index is 13.1. The molecule has 0 fully saturated rings. The molecule has 2 amide bonds. The SMILES string of the molecule is CNC(=O)c1cnc(Nc2ccccc2C)c(NC(=O)c2ncsc2C(F)(F)F)c1. The number of aromatic nitrogens is 2. The van der Waals surface area contributed by atoms with Crippen LogP contribution in [-0.2, 0) is 6.18 Å². The first kappa shape index (κ1) is 21.2. The van der Waals surface area contributed by atoms with Gasteiger partial charge in [0.05, 0.1) is 16.8 Å². The molecule has 7 nitrogen and oxygen atoms in total. The standard InChI is InChI=1S/C19H16F3N5O2S/c1-10-5-3-4-6-12(10)26-16-13(7-11(8-24-16)17(28)23-2)27-18(29)14-15(19(20,21)22)30-9-25-14/h3-9H,1-2H3,(H,23,28)(H,24,26)(H,27,29). The van der Waals surface area contributed by atoms with Gasteiger partial charge in [-0.3, -0.25) is 9.59 Å². The number of hydrogen-bond acceptors (Lipinski definition) is 6. The summed E-state index contributed by atoms with van der Waals surface area (Å²) < 4.78 is 39.4. The van der Waals surface area contributed by atoms with Crippen LogP contribution in [0.2, 0.25) is 0 Å². The number of pyridine rings is 1. The van der Waals surface area contributed by atoms with Gasteiger partial charge in [0.25, 0.3) is 11.8 Å². The summed E-state index contributed by atoms with van der Waals surface area (Å²) in [5.74, 6) is -1.37. The van der Waals surface area contributed by atoms with Gasteiger partial charge in [0, 0.05) is 18.9 Å². The molecule has 0 bridgehead atoms. The second-order valence-corrected chi connectivity index (χ2v) is 6.98. The van der Waals surface area contributed by atoms with E-state index in [0.717, 1.165) is 11.1 Å². The number of carbonyl (C=O) groups excluding carboxylic acids is 2. The highest BCUT2D eigenvalue weighted by Crippen LogP contribution is 2.35. The van der Waals surface area contributed by atoms with Crippen LogP contribution in [0.25, 0.3) is 0 Å². The molecule has 30 heavy (non-hydrogen) atoms. The van der Waals surface area contributed by atoms with Crippen molar-refractivity contribution in [3.05, 3.63) is 63.7 Å². The number of halogens is 3. The summed E-state index contributed by atoms with van der Waals surface area (Å²) in [4.78, 5) is 31.1. The van der Waals surface area contributed by atoms with Crippen molar-refractivity contribution in [2.75, 3.05) is 17.7 Å². The first-order valence-electron chi connectivity index (χ1n) is 8.57. The zero-order valence-corrected chi connectivity index (χ0v) is 16.6. The van der Waals surface area contributed by atoms with Crippen molar-refractivity contribution in [2.45, 2.75) is 13.1 Å². The van der Waals surface area contributed by atoms with Gasteiger partial charge >= 0.3 is 6.18 Å². The van der Waals surface area contributed by atoms with Crippen LogP contribution in [-0.4, -0.2) is 28.8 Å². The molecule has 3 N–H and O–H groups in total. The number of carbonyl (C=O) groups is 2. The van der Waals surface area contributed by atoms with Gasteiger partial charge in [-0.15, -0.1) is 11.3 Å². The molecule has 1 aromatic carbocycles. The fourth-order valence-electron chi connectivity index (χ4n) is 2.56. The Balaban J connectivity index is 1.99. The lowest BCUT2D eigenvalue weighted by Crippen LogP contribution is -2.21. The van der Waals surface area contributed by atoms with Crippen molar-refractivity contribution in [1.29, 1.82) is 0 Å². The van der Waals surface area contributed by atoms with Crippen molar-refractivity contribution in [3.63, 3.8) is 0 Å². The van der Waals surface area contributed by atoms with Crippen LogP contribution >= 0.6 is 11.3 Å². The Morgan fingerprint density at radius 2 is 1.80 bits per heavy atom. The van der Waals surface area contributed by atoms with Gasteiger partial charge in [-0.1, -0.05) is 18.2 Å². The van der Waals surface area contributed by atoms with Crippen LogP contribution in [0.5, 0.6) is 0 Å². The van der Waals surface area contributed by atoms with E-state index in [-0.39, 0.29) is 17.1 Å². The molecular formula is C19H16F3N5O2S. The summed E-state index contributed by atoms with van der Waals surface area (Å²) >= 11 is 0.324. The Kier molecular flexibility index (Phi) is 6.01. The summed E-state index contributed by atoms with van der Waals surface area (Å²) in [5, 5.41) is 7.83.